The molecule has 172 valence electrons. The molecule has 4 rings (SSSR count). The van der Waals surface area contributed by atoms with Crippen LogP contribution in [0, 0.1) is 5.82 Å². The van der Waals surface area contributed by atoms with Crippen LogP contribution in [0.5, 0.6) is 5.88 Å². The lowest BCUT2D eigenvalue weighted by molar-refractivity contribution is -0.124. The summed E-state index contributed by atoms with van der Waals surface area (Å²) in [6, 6.07) is 9.60. The van der Waals surface area contributed by atoms with Crippen LogP contribution < -0.4 is 20.5 Å². The van der Waals surface area contributed by atoms with Gasteiger partial charge in [-0.05, 0) is 50.1 Å². The molecule has 10 heteroatoms. The second-order valence-electron chi connectivity index (χ2n) is 7.73. The van der Waals surface area contributed by atoms with Gasteiger partial charge in [-0.1, -0.05) is 0 Å². The Morgan fingerprint density at radius 3 is 2.67 bits per heavy atom. The molecule has 1 aliphatic rings. The summed E-state index contributed by atoms with van der Waals surface area (Å²) in [6.45, 7) is 3.98. The zero-order valence-corrected chi connectivity index (χ0v) is 18.3. The normalized spacial score (nSPS) is 14.2. The zero-order chi connectivity index (χ0) is 23.2. The number of anilines is 1. The van der Waals surface area contributed by atoms with E-state index in [0.717, 1.165) is 36.4 Å². The van der Waals surface area contributed by atoms with E-state index >= 15 is 0 Å². The Hall–Kier alpha value is -3.82. The zero-order valence-electron chi connectivity index (χ0n) is 18.3. The molecule has 1 aliphatic heterocycles. The van der Waals surface area contributed by atoms with E-state index in [1.54, 1.807) is 31.2 Å². The number of carbonyl (C=O) groups excluding carboxylic acids is 1. The fraction of sp³-hybridized carbons (Fsp3) is 0.348. The van der Waals surface area contributed by atoms with Crippen LogP contribution in [0.25, 0.3) is 11.3 Å². The molecule has 1 atom stereocenters. The van der Waals surface area contributed by atoms with E-state index in [0.29, 0.717) is 17.1 Å². The van der Waals surface area contributed by atoms with Gasteiger partial charge in [0.25, 0.3) is 5.56 Å². The smallest absolute Gasteiger partial charge is 0.267 e. The average Bonchev–Trinajstić information content (AvgIpc) is 3.38. The molecule has 3 heterocycles. The number of ether oxygens (including phenoxy) is 1. The van der Waals surface area contributed by atoms with Crippen LogP contribution in [0.3, 0.4) is 0 Å². The van der Waals surface area contributed by atoms with Crippen molar-refractivity contribution in [2.45, 2.75) is 25.8 Å². The molecule has 1 unspecified atom stereocenters. The molecule has 0 aliphatic carbocycles. The summed E-state index contributed by atoms with van der Waals surface area (Å²) in [7, 11) is 0. The number of rotatable bonds is 8. The first kappa shape index (κ1) is 22.4. The van der Waals surface area contributed by atoms with Gasteiger partial charge in [-0.25, -0.2) is 19.0 Å². The number of halogens is 1. The van der Waals surface area contributed by atoms with Gasteiger partial charge >= 0.3 is 0 Å². The van der Waals surface area contributed by atoms with Crippen molar-refractivity contribution in [1.29, 1.82) is 0 Å². The van der Waals surface area contributed by atoms with Crippen molar-refractivity contribution in [3.8, 4) is 17.1 Å². The van der Waals surface area contributed by atoms with Gasteiger partial charge in [0, 0.05) is 30.8 Å². The Balaban J connectivity index is 1.32. The number of nitrogens with one attached hydrogen (secondary N) is 1. The first-order chi connectivity index (χ1) is 16.0. The van der Waals surface area contributed by atoms with Crippen molar-refractivity contribution in [3.05, 3.63) is 65.0 Å². The maximum absolute atomic E-state index is 13.2. The first-order valence-corrected chi connectivity index (χ1v) is 10.8. The number of aromatic nitrogens is 4. The van der Waals surface area contributed by atoms with Crippen LogP contribution in [-0.4, -0.2) is 51.9 Å². The van der Waals surface area contributed by atoms with Gasteiger partial charge in [0.05, 0.1) is 12.2 Å². The Morgan fingerprint density at radius 2 is 1.91 bits per heavy atom. The highest BCUT2D eigenvalue weighted by atomic mass is 19.1. The van der Waals surface area contributed by atoms with Gasteiger partial charge < -0.3 is 15.0 Å². The first-order valence-electron chi connectivity index (χ1n) is 10.8. The largest absolute Gasteiger partial charge is 0.476 e. The predicted molar refractivity (Wildman–Crippen MR) is 121 cm³/mol. The summed E-state index contributed by atoms with van der Waals surface area (Å²) in [5.41, 5.74) is 0.703. The van der Waals surface area contributed by atoms with Crippen molar-refractivity contribution in [3.63, 3.8) is 0 Å². The third-order valence-corrected chi connectivity index (χ3v) is 5.42. The molecule has 1 N–H and O–H groups in total. The molecule has 1 aromatic carbocycles. The number of amides is 1. The van der Waals surface area contributed by atoms with Crippen molar-refractivity contribution < 1.29 is 13.9 Å². The van der Waals surface area contributed by atoms with Gasteiger partial charge in [-0.15, -0.1) is 0 Å². The molecule has 2 aromatic heterocycles. The average molecular weight is 452 g/mol. The van der Waals surface area contributed by atoms with E-state index in [2.05, 4.69) is 25.3 Å². The van der Waals surface area contributed by atoms with Gasteiger partial charge in [-0.3, -0.25) is 9.59 Å². The summed E-state index contributed by atoms with van der Waals surface area (Å²) in [4.78, 5) is 35.4. The number of nitrogens with zero attached hydrogens (tertiary/aromatic N) is 5. The second kappa shape index (κ2) is 10.2. The fourth-order valence-electron chi connectivity index (χ4n) is 3.59. The van der Waals surface area contributed by atoms with Crippen LogP contribution >= 0.6 is 0 Å². The van der Waals surface area contributed by atoms with E-state index < -0.39 is 11.6 Å². The van der Waals surface area contributed by atoms with Crippen LogP contribution in [0.4, 0.5) is 10.2 Å². The third kappa shape index (κ3) is 5.51. The maximum atomic E-state index is 13.2. The highest BCUT2D eigenvalue weighted by Gasteiger charge is 2.18. The summed E-state index contributed by atoms with van der Waals surface area (Å²) < 4.78 is 19.9. The quantitative estimate of drug-likeness (QED) is 0.523. The minimum absolute atomic E-state index is 0.215. The Morgan fingerprint density at radius 1 is 1.15 bits per heavy atom. The minimum Gasteiger partial charge on any atom is -0.476 e. The number of hydrogen-bond donors (Lipinski definition) is 1. The molecule has 1 fully saturated rings. The molecule has 0 saturated carbocycles. The van der Waals surface area contributed by atoms with Crippen LogP contribution in [-0.2, 0) is 4.79 Å². The monoisotopic (exact) mass is 452 g/mol. The fourth-order valence-corrected chi connectivity index (χ4v) is 3.59. The summed E-state index contributed by atoms with van der Waals surface area (Å²) in [5.74, 6) is 0.543. The van der Waals surface area contributed by atoms with Crippen LogP contribution in [0.2, 0.25) is 0 Å². The van der Waals surface area contributed by atoms with E-state index in [4.69, 9.17) is 4.74 Å². The van der Waals surface area contributed by atoms with Gasteiger partial charge in [0.1, 0.15) is 30.6 Å². The van der Waals surface area contributed by atoms with Gasteiger partial charge in [0.2, 0.25) is 11.8 Å². The Bertz CT molecular complexity index is 1160. The van der Waals surface area contributed by atoms with E-state index in [9.17, 15) is 14.0 Å². The highest BCUT2D eigenvalue weighted by molar-refractivity contribution is 5.79. The van der Waals surface area contributed by atoms with Crippen molar-refractivity contribution in [2.24, 2.45) is 0 Å². The molecule has 1 amide bonds. The molecule has 0 radical (unpaired) electrons. The third-order valence-electron chi connectivity index (χ3n) is 5.42. The number of benzene rings is 1. The predicted octanol–water partition coefficient (Wildman–Crippen LogP) is 2.20. The van der Waals surface area contributed by atoms with Crippen LogP contribution in [0.15, 0.2) is 53.6 Å². The van der Waals surface area contributed by atoms with E-state index in [1.807, 2.05) is 0 Å². The molecule has 3 aromatic rings. The van der Waals surface area contributed by atoms with Crippen molar-refractivity contribution in [1.82, 2.24) is 25.1 Å². The Kier molecular flexibility index (Phi) is 6.92. The number of hydrogen-bond acceptors (Lipinski definition) is 7. The summed E-state index contributed by atoms with van der Waals surface area (Å²) >= 11 is 0. The lowest BCUT2D eigenvalue weighted by Crippen LogP contribution is -2.38. The van der Waals surface area contributed by atoms with Crippen molar-refractivity contribution in [2.75, 3.05) is 31.1 Å². The van der Waals surface area contributed by atoms with Gasteiger partial charge in [-0.2, -0.15) is 5.10 Å². The summed E-state index contributed by atoms with van der Waals surface area (Å²) in [5, 5.41) is 7.03. The SMILES string of the molecule is CC(C(=O)NCCOc1cc(N2CCCC2)ncn1)n1nc(-c2ccc(F)cc2)ccc1=O. The minimum atomic E-state index is -0.835. The standard InChI is InChI=1S/C23H25FN6O3/c1-16(30-22(31)9-8-19(28-30)17-4-6-18(24)7-5-17)23(32)25-10-13-33-21-14-20(26-15-27-21)29-11-2-3-12-29/h4-9,14-16H,2-3,10-13H2,1H3,(H,25,32). The van der Waals surface area contributed by atoms with Crippen molar-refractivity contribution >= 4 is 11.7 Å². The summed E-state index contributed by atoms with van der Waals surface area (Å²) in [6.07, 6.45) is 3.76. The second-order valence-corrected chi connectivity index (χ2v) is 7.73. The number of carbonyl (C=O) groups is 1. The van der Waals surface area contributed by atoms with E-state index in [1.165, 1.54) is 24.5 Å². The lowest BCUT2D eigenvalue weighted by atomic mass is 10.1. The molecule has 9 nitrogen and oxygen atoms in total. The van der Waals surface area contributed by atoms with Crippen LogP contribution in [0.1, 0.15) is 25.8 Å². The molecule has 0 spiro atoms. The lowest BCUT2D eigenvalue weighted by Gasteiger charge is -2.17. The topological polar surface area (TPSA) is 102 Å². The molecular weight excluding hydrogens is 427 g/mol. The molecule has 1 saturated heterocycles. The maximum Gasteiger partial charge on any atom is 0.267 e. The van der Waals surface area contributed by atoms with E-state index in [-0.39, 0.29) is 24.9 Å². The molecular formula is C23H25FN6O3. The highest BCUT2D eigenvalue weighted by Crippen LogP contribution is 2.20. The van der Waals surface area contributed by atoms with Gasteiger partial charge in [0.15, 0.2) is 0 Å². The Labute approximate surface area is 190 Å². The molecule has 0 bridgehead atoms. The molecule has 33 heavy (non-hydrogen) atoms.